The van der Waals surface area contributed by atoms with Gasteiger partial charge in [0.05, 0.1) is 10.4 Å². The van der Waals surface area contributed by atoms with Crippen molar-refractivity contribution in [2.75, 3.05) is 0 Å². The van der Waals surface area contributed by atoms with Crippen LogP contribution in [0.3, 0.4) is 0 Å². The van der Waals surface area contributed by atoms with Crippen molar-refractivity contribution < 1.29 is 15.0 Å². The molecule has 2 N–H and O–H groups in total. The molecule has 3 nitrogen and oxygen atoms in total. The predicted octanol–water partition coefficient (Wildman–Crippen LogP) is 3.57. The average Bonchev–Trinajstić information content (AvgIpc) is 2.39. The van der Waals surface area contributed by atoms with Gasteiger partial charge >= 0.3 is 5.97 Å². The van der Waals surface area contributed by atoms with E-state index in [0.717, 1.165) is 5.56 Å². The SMILES string of the molecule is O=C(O)c1ccccc1[C@@H](Br)c1ccc(O)cc1. The van der Waals surface area contributed by atoms with Crippen molar-refractivity contribution in [3.63, 3.8) is 0 Å². The Labute approximate surface area is 113 Å². The molecule has 2 aromatic carbocycles. The van der Waals surface area contributed by atoms with Crippen LogP contribution < -0.4 is 0 Å². The minimum atomic E-state index is -0.950. The Morgan fingerprint density at radius 3 is 2.28 bits per heavy atom. The molecule has 0 bridgehead atoms. The summed E-state index contributed by atoms with van der Waals surface area (Å²) in [7, 11) is 0. The van der Waals surface area contributed by atoms with Crippen LogP contribution in [-0.2, 0) is 0 Å². The quantitative estimate of drug-likeness (QED) is 0.852. The number of rotatable bonds is 3. The first-order valence-corrected chi connectivity index (χ1v) is 6.26. The first-order chi connectivity index (χ1) is 8.59. The van der Waals surface area contributed by atoms with E-state index < -0.39 is 5.97 Å². The molecule has 0 radical (unpaired) electrons. The van der Waals surface area contributed by atoms with E-state index >= 15 is 0 Å². The molecule has 0 spiro atoms. The van der Waals surface area contributed by atoms with Crippen LogP contribution in [0.15, 0.2) is 48.5 Å². The third kappa shape index (κ3) is 2.54. The van der Waals surface area contributed by atoms with Crippen molar-refractivity contribution in [1.29, 1.82) is 0 Å². The third-order valence-electron chi connectivity index (χ3n) is 2.65. The summed E-state index contributed by atoms with van der Waals surface area (Å²) < 4.78 is 0. The normalized spacial score (nSPS) is 12.1. The van der Waals surface area contributed by atoms with Crippen LogP contribution in [0, 0.1) is 0 Å². The van der Waals surface area contributed by atoms with Crippen LogP contribution in [0.25, 0.3) is 0 Å². The molecule has 0 heterocycles. The summed E-state index contributed by atoms with van der Waals surface area (Å²) in [6.07, 6.45) is 0. The number of benzene rings is 2. The molecule has 0 saturated carbocycles. The maximum atomic E-state index is 11.2. The van der Waals surface area contributed by atoms with Gasteiger partial charge in [-0.15, -0.1) is 0 Å². The molecule has 0 fully saturated rings. The van der Waals surface area contributed by atoms with Crippen LogP contribution in [0.2, 0.25) is 0 Å². The van der Waals surface area contributed by atoms with E-state index in [1.807, 2.05) is 0 Å². The van der Waals surface area contributed by atoms with Crippen LogP contribution >= 0.6 is 15.9 Å². The highest BCUT2D eigenvalue weighted by atomic mass is 79.9. The highest BCUT2D eigenvalue weighted by molar-refractivity contribution is 9.09. The van der Waals surface area contributed by atoms with Crippen molar-refractivity contribution in [1.82, 2.24) is 0 Å². The number of phenols is 1. The zero-order valence-electron chi connectivity index (χ0n) is 9.38. The number of carboxylic acids is 1. The Kier molecular flexibility index (Phi) is 3.67. The van der Waals surface area contributed by atoms with Crippen LogP contribution in [0.5, 0.6) is 5.75 Å². The standard InChI is InChI=1S/C14H11BrO3/c15-13(9-5-7-10(16)8-6-9)11-3-1-2-4-12(11)14(17)18/h1-8,13,16H,(H,17,18)/t13-/m0/s1. The van der Waals surface area contributed by atoms with Crippen molar-refractivity contribution >= 4 is 21.9 Å². The minimum absolute atomic E-state index is 0.185. The molecular weight excluding hydrogens is 296 g/mol. The summed E-state index contributed by atoms with van der Waals surface area (Å²) in [5.74, 6) is -0.765. The largest absolute Gasteiger partial charge is 0.508 e. The second-order valence-corrected chi connectivity index (χ2v) is 4.76. The molecule has 0 amide bonds. The Hall–Kier alpha value is -1.81. The lowest BCUT2D eigenvalue weighted by Gasteiger charge is -2.13. The van der Waals surface area contributed by atoms with Crippen molar-refractivity contribution in [2.45, 2.75) is 4.83 Å². The first-order valence-electron chi connectivity index (χ1n) is 5.35. The van der Waals surface area contributed by atoms with E-state index in [9.17, 15) is 9.90 Å². The molecule has 0 aliphatic heterocycles. The van der Waals surface area contributed by atoms with Gasteiger partial charge in [0.2, 0.25) is 0 Å². The van der Waals surface area contributed by atoms with Gasteiger partial charge in [-0.1, -0.05) is 46.3 Å². The fourth-order valence-electron chi connectivity index (χ4n) is 1.74. The predicted molar refractivity (Wildman–Crippen MR) is 72.3 cm³/mol. The number of halogens is 1. The maximum Gasteiger partial charge on any atom is 0.336 e. The molecule has 0 aromatic heterocycles. The van der Waals surface area contributed by atoms with Crippen LogP contribution in [-0.4, -0.2) is 16.2 Å². The number of phenolic OH excluding ortho intramolecular Hbond substituents is 1. The monoisotopic (exact) mass is 306 g/mol. The van der Waals surface area contributed by atoms with Crippen molar-refractivity contribution in [3.05, 3.63) is 65.2 Å². The van der Waals surface area contributed by atoms with Gasteiger partial charge < -0.3 is 10.2 Å². The lowest BCUT2D eigenvalue weighted by atomic mass is 9.99. The number of hydrogen-bond donors (Lipinski definition) is 2. The highest BCUT2D eigenvalue weighted by Gasteiger charge is 2.17. The molecule has 1 atom stereocenters. The summed E-state index contributed by atoms with van der Waals surface area (Å²) in [4.78, 5) is 10.9. The molecule has 0 aliphatic rings. The zero-order valence-corrected chi connectivity index (χ0v) is 11.0. The fourth-order valence-corrected chi connectivity index (χ4v) is 2.44. The van der Waals surface area contributed by atoms with Gasteiger partial charge in [0.1, 0.15) is 5.75 Å². The molecule has 0 saturated heterocycles. The lowest BCUT2D eigenvalue weighted by molar-refractivity contribution is 0.0696. The van der Waals surface area contributed by atoms with Gasteiger partial charge in [-0.25, -0.2) is 4.79 Å². The van der Waals surface area contributed by atoms with Crippen LogP contribution in [0.4, 0.5) is 0 Å². The van der Waals surface area contributed by atoms with E-state index in [4.69, 9.17) is 5.11 Å². The summed E-state index contributed by atoms with van der Waals surface area (Å²) in [6.45, 7) is 0. The van der Waals surface area contributed by atoms with Gasteiger partial charge in [0.25, 0.3) is 0 Å². The fraction of sp³-hybridized carbons (Fsp3) is 0.0714. The van der Waals surface area contributed by atoms with Gasteiger partial charge in [0.15, 0.2) is 0 Å². The molecule has 2 aromatic rings. The summed E-state index contributed by atoms with van der Waals surface area (Å²) >= 11 is 3.49. The Morgan fingerprint density at radius 2 is 1.67 bits per heavy atom. The smallest absolute Gasteiger partial charge is 0.336 e. The van der Waals surface area contributed by atoms with Gasteiger partial charge in [0, 0.05) is 0 Å². The summed E-state index contributed by atoms with van der Waals surface area (Å²) in [5.41, 5.74) is 1.85. The molecule has 18 heavy (non-hydrogen) atoms. The van der Waals surface area contributed by atoms with E-state index in [1.54, 1.807) is 48.5 Å². The highest BCUT2D eigenvalue weighted by Crippen LogP contribution is 2.33. The second kappa shape index (κ2) is 5.23. The van der Waals surface area contributed by atoms with E-state index in [0.29, 0.717) is 5.56 Å². The number of alkyl halides is 1. The van der Waals surface area contributed by atoms with Gasteiger partial charge in [-0.05, 0) is 29.3 Å². The van der Waals surface area contributed by atoms with Gasteiger partial charge in [-0.3, -0.25) is 0 Å². The molecule has 0 aliphatic carbocycles. The molecule has 92 valence electrons. The topological polar surface area (TPSA) is 57.5 Å². The number of hydrogen-bond acceptors (Lipinski definition) is 2. The number of aromatic carboxylic acids is 1. The Bertz CT molecular complexity index is 564. The zero-order chi connectivity index (χ0) is 13.1. The van der Waals surface area contributed by atoms with E-state index in [-0.39, 0.29) is 16.1 Å². The first kappa shape index (κ1) is 12.6. The van der Waals surface area contributed by atoms with Crippen molar-refractivity contribution in [3.8, 4) is 5.75 Å². The number of carbonyl (C=O) groups is 1. The van der Waals surface area contributed by atoms with Crippen molar-refractivity contribution in [2.24, 2.45) is 0 Å². The summed E-state index contributed by atoms with van der Waals surface area (Å²) in [6, 6.07) is 13.5. The number of carboxylic acid groups (broad SMARTS) is 1. The summed E-state index contributed by atoms with van der Waals surface area (Å²) in [5, 5.41) is 18.4. The maximum absolute atomic E-state index is 11.2. The Balaban J connectivity index is 2.42. The van der Waals surface area contributed by atoms with E-state index in [2.05, 4.69) is 15.9 Å². The Morgan fingerprint density at radius 1 is 1.06 bits per heavy atom. The van der Waals surface area contributed by atoms with E-state index in [1.165, 1.54) is 0 Å². The second-order valence-electron chi connectivity index (χ2n) is 3.85. The van der Waals surface area contributed by atoms with Crippen LogP contribution in [0.1, 0.15) is 26.3 Å². The average molecular weight is 307 g/mol. The molecule has 2 rings (SSSR count). The molecule has 4 heteroatoms. The third-order valence-corrected chi connectivity index (χ3v) is 3.67. The molecular formula is C14H11BrO3. The minimum Gasteiger partial charge on any atom is -0.508 e. The number of aromatic hydroxyl groups is 1. The van der Waals surface area contributed by atoms with Gasteiger partial charge in [-0.2, -0.15) is 0 Å². The molecule has 0 unspecified atom stereocenters. The lowest BCUT2D eigenvalue weighted by Crippen LogP contribution is -2.04.